The Kier molecular flexibility index (Phi) is 5.67. The molecule has 170 valence electrons. The van der Waals surface area contributed by atoms with Crippen LogP contribution in [-0.4, -0.2) is 25.9 Å². The van der Waals surface area contributed by atoms with E-state index < -0.39 is 5.41 Å². The number of nitrogens with zero attached hydrogens (tertiary/aromatic N) is 4. The van der Waals surface area contributed by atoms with Crippen molar-refractivity contribution in [2.75, 3.05) is 5.32 Å². The number of hydrogen-bond donors (Lipinski definition) is 1. The molecule has 5 aromatic rings. The highest BCUT2D eigenvalue weighted by Crippen LogP contribution is 2.42. The zero-order valence-corrected chi connectivity index (χ0v) is 19.5. The monoisotopic (exact) mass is 471 g/mol. The summed E-state index contributed by atoms with van der Waals surface area (Å²) in [5.74, 6) is -0.650. The van der Waals surface area contributed by atoms with Gasteiger partial charge in [-0.1, -0.05) is 61.6 Å². The van der Waals surface area contributed by atoms with Crippen LogP contribution in [0.1, 0.15) is 30.9 Å². The standard InChI is InChI=1S/C26H22FN5OS/c1-26(2,24(33)30-25-31-28-16-34-25)23(17-6-4-3-5-7-17)18-8-13-22-19(14-18)15-29-32(22)21-11-9-20(27)10-12-21/h3-16,23H,1-2H3,(H,30,31,33)/t23-/m0/s1. The lowest BCUT2D eigenvalue weighted by molar-refractivity contribution is -0.124. The second-order valence-electron chi connectivity index (χ2n) is 8.61. The minimum absolute atomic E-state index is 0.139. The van der Waals surface area contributed by atoms with Crippen LogP contribution >= 0.6 is 11.3 Å². The summed E-state index contributed by atoms with van der Waals surface area (Å²) in [4.78, 5) is 13.4. The van der Waals surface area contributed by atoms with Crippen LogP contribution in [0, 0.1) is 11.2 Å². The Labute approximate surface area is 200 Å². The smallest absolute Gasteiger partial charge is 0.232 e. The first-order valence-corrected chi connectivity index (χ1v) is 11.7. The molecule has 0 aliphatic heterocycles. The number of aromatic nitrogens is 4. The van der Waals surface area contributed by atoms with E-state index in [-0.39, 0.29) is 17.6 Å². The van der Waals surface area contributed by atoms with Crippen molar-refractivity contribution < 1.29 is 9.18 Å². The third-order valence-electron chi connectivity index (χ3n) is 6.02. The van der Waals surface area contributed by atoms with Crippen LogP contribution in [0.3, 0.4) is 0 Å². The van der Waals surface area contributed by atoms with Gasteiger partial charge in [-0.2, -0.15) is 5.10 Å². The van der Waals surface area contributed by atoms with Crippen molar-refractivity contribution in [3.8, 4) is 5.69 Å². The second kappa shape index (κ2) is 8.79. The summed E-state index contributed by atoms with van der Waals surface area (Å²) in [6.45, 7) is 3.88. The van der Waals surface area contributed by atoms with Gasteiger partial charge in [-0.25, -0.2) is 9.07 Å². The summed E-state index contributed by atoms with van der Waals surface area (Å²) in [7, 11) is 0. The largest absolute Gasteiger partial charge is 0.300 e. The van der Waals surface area contributed by atoms with Crippen LogP contribution in [-0.2, 0) is 4.79 Å². The van der Waals surface area contributed by atoms with Crippen LogP contribution in [0.2, 0.25) is 0 Å². The first-order chi connectivity index (χ1) is 16.4. The molecule has 0 bridgehead atoms. The molecule has 0 radical (unpaired) electrons. The fourth-order valence-corrected chi connectivity index (χ4v) is 4.75. The van der Waals surface area contributed by atoms with Crippen molar-refractivity contribution in [1.82, 2.24) is 20.0 Å². The molecule has 0 aliphatic rings. The number of halogens is 1. The molecule has 8 heteroatoms. The number of benzene rings is 3. The number of amides is 1. The van der Waals surface area contributed by atoms with E-state index >= 15 is 0 Å². The maximum absolute atomic E-state index is 13.4. The SMILES string of the molecule is CC(C)(C(=O)Nc1nncs1)[C@@H](c1ccccc1)c1ccc2c(cnn2-c2ccc(F)cc2)c1. The van der Waals surface area contributed by atoms with Gasteiger partial charge in [0, 0.05) is 11.3 Å². The fourth-order valence-electron chi connectivity index (χ4n) is 4.31. The number of carbonyl (C=O) groups excluding carboxylic acids is 1. The second-order valence-corrected chi connectivity index (χ2v) is 9.45. The Bertz CT molecular complexity index is 1430. The van der Waals surface area contributed by atoms with Crippen LogP contribution < -0.4 is 5.32 Å². The van der Waals surface area contributed by atoms with Gasteiger partial charge in [-0.05, 0) is 47.5 Å². The van der Waals surface area contributed by atoms with Crippen molar-refractivity contribution in [3.05, 3.63) is 101 Å². The Hall–Kier alpha value is -3.91. The number of nitrogens with one attached hydrogen (secondary N) is 1. The molecule has 0 fully saturated rings. The lowest BCUT2D eigenvalue weighted by Crippen LogP contribution is -2.37. The molecular formula is C26H22FN5OS. The van der Waals surface area contributed by atoms with Gasteiger partial charge < -0.3 is 5.32 Å². The first kappa shape index (κ1) is 21.9. The van der Waals surface area contributed by atoms with Gasteiger partial charge >= 0.3 is 0 Å². The van der Waals surface area contributed by atoms with Gasteiger partial charge in [0.05, 0.1) is 22.8 Å². The van der Waals surface area contributed by atoms with E-state index in [4.69, 9.17) is 0 Å². The summed E-state index contributed by atoms with van der Waals surface area (Å²) >= 11 is 1.29. The Morgan fingerprint density at radius 1 is 1.03 bits per heavy atom. The minimum Gasteiger partial charge on any atom is -0.300 e. The topological polar surface area (TPSA) is 72.7 Å². The van der Waals surface area contributed by atoms with Gasteiger partial charge in [0.2, 0.25) is 11.0 Å². The van der Waals surface area contributed by atoms with Crippen LogP contribution in [0.5, 0.6) is 0 Å². The number of fused-ring (bicyclic) bond motifs is 1. The predicted molar refractivity (Wildman–Crippen MR) is 132 cm³/mol. The van der Waals surface area contributed by atoms with Gasteiger partial charge in [-0.15, -0.1) is 10.2 Å². The average molecular weight is 472 g/mol. The van der Waals surface area contributed by atoms with Crippen LogP contribution in [0.15, 0.2) is 84.5 Å². The van der Waals surface area contributed by atoms with Crippen molar-refractivity contribution in [3.63, 3.8) is 0 Å². The third-order valence-corrected chi connectivity index (χ3v) is 6.62. The van der Waals surface area contributed by atoms with E-state index in [2.05, 4.69) is 26.7 Å². The van der Waals surface area contributed by atoms with Crippen molar-refractivity contribution in [2.45, 2.75) is 19.8 Å². The maximum Gasteiger partial charge on any atom is 0.232 e. The molecule has 5 rings (SSSR count). The van der Waals surface area contributed by atoms with E-state index in [0.29, 0.717) is 5.13 Å². The Balaban J connectivity index is 1.57. The molecule has 1 amide bonds. The zero-order valence-electron chi connectivity index (χ0n) is 18.6. The summed E-state index contributed by atoms with van der Waals surface area (Å²) in [5.41, 5.74) is 4.50. The number of anilines is 1. The quantitative estimate of drug-likeness (QED) is 0.339. The number of carbonyl (C=O) groups is 1. The summed E-state index contributed by atoms with van der Waals surface area (Å²) in [6.07, 6.45) is 1.79. The summed E-state index contributed by atoms with van der Waals surface area (Å²) in [5, 5.41) is 16.6. The Morgan fingerprint density at radius 3 is 2.50 bits per heavy atom. The Morgan fingerprint density at radius 2 is 1.79 bits per heavy atom. The van der Waals surface area contributed by atoms with E-state index in [0.717, 1.165) is 27.7 Å². The normalized spacial score (nSPS) is 12.6. The van der Waals surface area contributed by atoms with Gasteiger partial charge in [-0.3, -0.25) is 4.79 Å². The molecule has 0 saturated heterocycles. The van der Waals surface area contributed by atoms with Crippen molar-refractivity contribution >= 4 is 33.3 Å². The molecule has 6 nitrogen and oxygen atoms in total. The number of hydrogen-bond acceptors (Lipinski definition) is 5. The van der Waals surface area contributed by atoms with Crippen LogP contribution in [0.4, 0.5) is 9.52 Å². The van der Waals surface area contributed by atoms with E-state index in [9.17, 15) is 9.18 Å². The molecule has 1 N–H and O–H groups in total. The average Bonchev–Trinajstić information content (AvgIpc) is 3.50. The zero-order chi connectivity index (χ0) is 23.7. The van der Waals surface area contributed by atoms with Crippen molar-refractivity contribution in [1.29, 1.82) is 0 Å². The van der Waals surface area contributed by atoms with Gasteiger partial charge in [0.1, 0.15) is 11.3 Å². The maximum atomic E-state index is 13.4. The highest BCUT2D eigenvalue weighted by atomic mass is 32.1. The highest BCUT2D eigenvalue weighted by Gasteiger charge is 2.39. The van der Waals surface area contributed by atoms with Crippen LogP contribution in [0.25, 0.3) is 16.6 Å². The molecular weight excluding hydrogens is 449 g/mol. The lowest BCUT2D eigenvalue weighted by Gasteiger charge is -2.33. The molecule has 1 atom stereocenters. The van der Waals surface area contributed by atoms with E-state index in [1.54, 1.807) is 28.5 Å². The molecule has 2 aromatic heterocycles. The minimum atomic E-state index is -0.798. The molecule has 0 saturated carbocycles. The number of rotatable bonds is 6. The highest BCUT2D eigenvalue weighted by molar-refractivity contribution is 7.13. The first-order valence-electron chi connectivity index (χ1n) is 10.8. The molecule has 0 aliphatic carbocycles. The van der Waals surface area contributed by atoms with E-state index in [1.807, 2.05) is 56.3 Å². The summed E-state index contributed by atoms with van der Waals surface area (Å²) in [6, 6.07) is 22.3. The third kappa shape index (κ3) is 4.08. The molecule has 3 aromatic carbocycles. The van der Waals surface area contributed by atoms with Gasteiger partial charge in [0.15, 0.2) is 0 Å². The predicted octanol–water partition coefficient (Wildman–Crippen LogP) is 5.81. The van der Waals surface area contributed by atoms with Crippen molar-refractivity contribution in [2.24, 2.45) is 5.41 Å². The molecule has 2 heterocycles. The summed E-state index contributed by atoms with van der Waals surface area (Å²) < 4.78 is 15.2. The fraction of sp³-hybridized carbons (Fsp3) is 0.154. The molecule has 0 unspecified atom stereocenters. The molecule has 34 heavy (non-hydrogen) atoms. The van der Waals surface area contributed by atoms with Gasteiger partial charge in [0.25, 0.3) is 0 Å². The lowest BCUT2D eigenvalue weighted by atomic mass is 9.70. The molecule has 0 spiro atoms. The van der Waals surface area contributed by atoms with E-state index in [1.165, 1.54) is 23.5 Å².